The molecule has 1 aromatic carbocycles. The van der Waals surface area contributed by atoms with E-state index in [1.165, 1.54) is 6.07 Å². The first kappa shape index (κ1) is 16.3. The van der Waals surface area contributed by atoms with Crippen LogP contribution in [0.2, 0.25) is 0 Å². The summed E-state index contributed by atoms with van der Waals surface area (Å²) in [5.74, 6) is -3.67. The molecule has 24 heavy (non-hydrogen) atoms. The van der Waals surface area contributed by atoms with Gasteiger partial charge < -0.3 is 5.32 Å². The lowest BCUT2D eigenvalue weighted by Gasteiger charge is -2.14. The number of benzene rings is 1. The quantitative estimate of drug-likeness (QED) is 0.678. The molecule has 1 aromatic rings. The summed E-state index contributed by atoms with van der Waals surface area (Å²) in [7, 11) is 0. The number of carbonyl (C=O) groups excluding carboxylic acids is 3. The molecule has 1 saturated heterocycles. The van der Waals surface area contributed by atoms with E-state index >= 15 is 0 Å². The SMILES string of the molecule is O=C(CCN1C(=O)[C@H]2CC=CC[C@H]2C1=O)Nc1ccc(F)c(F)c1. The summed E-state index contributed by atoms with van der Waals surface area (Å²) in [4.78, 5) is 37.5. The molecular weight excluding hydrogens is 318 g/mol. The summed E-state index contributed by atoms with van der Waals surface area (Å²) in [5, 5.41) is 2.42. The first-order chi connectivity index (χ1) is 11.5. The van der Waals surface area contributed by atoms with Gasteiger partial charge in [0, 0.05) is 24.7 Å². The van der Waals surface area contributed by atoms with Crippen LogP contribution in [0.5, 0.6) is 0 Å². The second-order valence-corrected chi connectivity index (χ2v) is 5.91. The number of anilines is 1. The van der Waals surface area contributed by atoms with Crippen LogP contribution in [-0.2, 0) is 14.4 Å². The van der Waals surface area contributed by atoms with Crippen LogP contribution in [0.25, 0.3) is 0 Å². The number of amides is 3. The van der Waals surface area contributed by atoms with Gasteiger partial charge in [0.1, 0.15) is 0 Å². The lowest BCUT2D eigenvalue weighted by Crippen LogP contribution is -2.34. The van der Waals surface area contributed by atoms with Crippen LogP contribution in [0, 0.1) is 23.5 Å². The fourth-order valence-corrected chi connectivity index (χ4v) is 3.10. The van der Waals surface area contributed by atoms with Gasteiger partial charge in [0.2, 0.25) is 17.7 Å². The zero-order chi connectivity index (χ0) is 17.3. The van der Waals surface area contributed by atoms with Crippen molar-refractivity contribution in [3.8, 4) is 0 Å². The van der Waals surface area contributed by atoms with Gasteiger partial charge in [-0.25, -0.2) is 8.78 Å². The molecule has 0 saturated carbocycles. The molecule has 2 atom stereocenters. The van der Waals surface area contributed by atoms with Crippen molar-refractivity contribution in [1.82, 2.24) is 4.90 Å². The average Bonchev–Trinajstić information content (AvgIpc) is 2.81. The van der Waals surface area contributed by atoms with Gasteiger partial charge in [-0.2, -0.15) is 0 Å². The van der Waals surface area contributed by atoms with Crippen LogP contribution < -0.4 is 5.32 Å². The molecule has 5 nitrogen and oxygen atoms in total. The molecular formula is C17H16F2N2O3. The van der Waals surface area contributed by atoms with Crippen LogP contribution in [0.1, 0.15) is 19.3 Å². The normalized spacial score (nSPS) is 22.7. The monoisotopic (exact) mass is 334 g/mol. The Labute approximate surface area is 137 Å². The number of fused-ring (bicyclic) bond motifs is 1. The van der Waals surface area contributed by atoms with Gasteiger partial charge in [0.25, 0.3) is 0 Å². The highest BCUT2D eigenvalue weighted by atomic mass is 19.2. The van der Waals surface area contributed by atoms with E-state index in [2.05, 4.69) is 5.32 Å². The van der Waals surface area contributed by atoms with Crippen molar-refractivity contribution in [3.63, 3.8) is 0 Å². The largest absolute Gasteiger partial charge is 0.326 e. The van der Waals surface area contributed by atoms with Crippen molar-refractivity contribution in [2.24, 2.45) is 11.8 Å². The fourth-order valence-electron chi connectivity index (χ4n) is 3.10. The molecule has 2 aliphatic rings. The molecule has 126 valence electrons. The van der Waals surface area contributed by atoms with Crippen molar-refractivity contribution < 1.29 is 23.2 Å². The zero-order valence-electron chi connectivity index (χ0n) is 12.8. The lowest BCUT2D eigenvalue weighted by atomic mass is 9.85. The van der Waals surface area contributed by atoms with Gasteiger partial charge in [-0.15, -0.1) is 0 Å². The minimum atomic E-state index is -1.06. The Hall–Kier alpha value is -2.57. The van der Waals surface area contributed by atoms with Crippen molar-refractivity contribution >= 4 is 23.4 Å². The summed E-state index contributed by atoms with van der Waals surface area (Å²) in [6.45, 7) is -0.0137. The number of imide groups is 1. The van der Waals surface area contributed by atoms with Gasteiger partial charge in [-0.1, -0.05) is 12.2 Å². The van der Waals surface area contributed by atoms with E-state index in [9.17, 15) is 23.2 Å². The predicted molar refractivity (Wildman–Crippen MR) is 81.7 cm³/mol. The topological polar surface area (TPSA) is 66.5 Å². The lowest BCUT2D eigenvalue weighted by molar-refractivity contribution is -0.140. The minimum absolute atomic E-state index is 0.0137. The Morgan fingerprint density at radius 2 is 1.71 bits per heavy atom. The van der Waals surface area contributed by atoms with E-state index in [1.807, 2.05) is 12.2 Å². The third-order valence-corrected chi connectivity index (χ3v) is 4.36. The number of allylic oxidation sites excluding steroid dienone is 2. The van der Waals surface area contributed by atoms with Gasteiger partial charge in [-0.3, -0.25) is 19.3 Å². The molecule has 1 aliphatic heterocycles. The Morgan fingerprint density at radius 3 is 2.29 bits per heavy atom. The molecule has 0 unspecified atom stereocenters. The van der Waals surface area contributed by atoms with Crippen molar-refractivity contribution in [2.75, 3.05) is 11.9 Å². The van der Waals surface area contributed by atoms with Gasteiger partial charge in [-0.05, 0) is 25.0 Å². The van der Waals surface area contributed by atoms with Gasteiger partial charge >= 0.3 is 0 Å². The summed E-state index contributed by atoms with van der Waals surface area (Å²) in [5.41, 5.74) is 0.121. The highest BCUT2D eigenvalue weighted by Gasteiger charge is 2.46. The van der Waals surface area contributed by atoms with E-state index in [1.54, 1.807) is 0 Å². The molecule has 1 heterocycles. The summed E-state index contributed by atoms with van der Waals surface area (Å²) in [6.07, 6.45) is 4.79. The van der Waals surface area contributed by atoms with Crippen molar-refractivity contribution in [3.05, 3.63) is 42.0 Å². The molecule has 1 aliphatic carbocycles. The minimum Gasteiger partial charge on any atom is -0.326 e. The van der Waals surface area contributed by atoms with E-state index in [4.69, 9.17) is 0 Å². The molecule has 0 spiro atoms. The van der Waals surface area contributed by atoms with Crippen LogP contribution in [0.3, 0.4) is 0 Å². The second kappa shape index (κ2) is 6.51. The molecule has 0 bridgehead atoms. The van der Waals surface area contributed by atoms with Gasteiger partial charge in [0.05, 0.1) is 11.8 Å². The first-order valence-electron chi connectivity index (χ1n) is 7.72. The zero-order valence-corrected chi connectivity index (χ0v) is 12.8. The number of nitrogens with one attached hydrogen (secondary N) is 1. The Morgan fingerprint density at radius 1 is 1.08 bits per heavy atom. The third kappa shape index (κ3) is 3.06. The Kier molecular flexibility index (Phi) is 4.42. The van der Waals surface area contributed by atoms with Gasteiger partial charge in [0.15, 0.2) is 11.6 Å². The van der Waals surface area contributed by atoms with Crippen LogP contribution in [0.4, 0.5) is 14.5 Å². The van der Waals surface area contributed by atoms with Crippen LogP contribution >= 0.6 is 0 Å². The average molecular weight is 334 g/mol. The van der Waals surface area contributed by atoms with Crippen molar-refractivity contribution in [2.45, 2.75) is 19.3 Å². The standard InChI is InChI=1S/C17H16F2N2O3/c18-13-6-5-10(9-14(13)19)20-15(22)7-8-21-16(23)11-3-1-2-4-12(11)17(21)24/h1-2,5-6,9,11-12H,3-4,7-8H2,(H,20,22)/t11-,12+. The van der Waals surface area contributed by atoms with Crippen molar-refractivity contribution in [1.29, 1.82) is 0 Å². The fraction of sp³-hybridized carbons (Fsp3) is 0.353. The smallest absolute Gasteiger partial charge is 0.233 e. The Balaban J connectivity index is 1.57. The molecule has 7 heteroatoms. The number of carbonyl (C=O) groups is 3. The molecule has 0 aromatic heterocycles. The van der Waals surface area contributed by atoms with Crippen LogP contribution in [0.15, 0.2) is 30.4 Å². The maximum atomic E-state index is 13.1. The first-order valence-corrected chi connectivity index (χ1v) is 7.72. The van der Waals surface area contributed by atoms with E-state index < -0.39 is 17.5 Å². The maximum Gasteiger partial charge on any atom is 0.233 e. The molecule has 1 fully saturated rings. The summed E-state index contributed by atoms with van der Waals surface area (Å²) in [6, 6.07) is 3.03. The maximum absolute atomic E-state index is 13.1. The van der Waals surface area contributed by atoms with E-state index in [-0.39, 0.29) is 42.3 Å². The number of halogens is 2. The number of likely N-dealkylation sites (tertiary alicyclic amines) is 1. The number of nitrogens with zero attached hydrogens (tertiary/aromatic N) is 1. The molecule has 3 amide bonds. The summed E-state index contributed by atoms with van der Waals surface area (Å²) < 4.78 is 25.9. The van der Waals surface area contributed by atoms with E-state index in [0.29, 0.717) is 12.8 Å². The second-order valence-electron chi connectivity index (χ2n) is 5.91. The Bertz CT molecular complexity index is 707. The number of rotatable bonds is 4. The van der Waals surface area contributed by atoms with Crippen LogP contribution in [-0.4, -0.2) is 29.2 Å². The highest BCUT2D eigenvalue weighted by molar-refractivity contribution is 6.05. The third-order valence-electron chi connectivity index (χ3n) is 4.36. The molecule has 3 rings (SSSR count). The molecule has 0 radical (unpaired) electrons. The molecule has 1 N–H and O–H groups in total. The van der Waals surface area contributed by atoms with E-state index in [0.717, 1.165) is 17.0 Å². The number of hydrogen-bond acceptors (Lipinski definition) is 3. The summed E-state index contributed by atoms with van der Waals surface area (Å²) >= 11 is 0. The number of hydrogen-bond donors (Lipinski definition) is 1. The predicted octanol–water partition coefficient (Wildman–Crippen LogP) is 2.24. The highest BCUT2D eigenvalue weighted by Crippen LogP contribution is 2.35.